The molecule has 30 heavy (non-hydrogen) atoms. The molecule has 4 rings (SSSR count). The lowest BCUT2D eigenvalue weighted by atomic mass is 9.83. The third-order valence-corrected chi connectivity index (χ3v) is 5.00. The molecule has 3 aromatic rings. The first-order valence-corrected chi connectivity index (χ1v) is 9.69. The van der Waals surface area contributed by atoms with Crippen LogP contribution in [0.1, 0.15) is 30.4 Å². The van der Waals surface area contributed by atoms with Crippen LogP contribution in [0, 0.1) is 11.3 Å². The van der Waals surface area contributed by atoms with Crippen molar-refractivity contribution in [2.75, 3.05) is 13.7 Å². The summed E-state index contributed by atoms with van der Waals surface area (Å²) in [7, 11) is 1.61. The molecule has 1 atom stereocenters. The number of rotatable bonds is 6. The Balaban J connectivity index is 1.79. The van der Waals surface area contributed by atoms with Gasteiger partial charge in [0.2, 0.25) is 11.8 Å². The molecule has 0 spiro atoms. The normalized spacial score (nSPS) is 15.2. The fraction of sp³-hybridized carbons (Fsp3) is 0.217. The second-order valence-electron chi connectivity index (χ2n) is 6.89. The maximum absolute atomic E-state index is 9.80. The Bertz CT molecular complexity index is 1110. The van der Waals surface area contributed by atoms with E-state index < -0.39 is 5.92 Å². The minimum Gasteiger partial charge on any atom is -0.497 e. The lowest BCUT2D eigenvalue weighted by Crippen LogP contribution is -2.20. The third kappa shape index (κ3) is 3.44. The molecule has 0 aliphatic carbocycles. The summed E-state index contributed by atoms with van der Waals surface area (Å²) >= 11 is 0. The zero-order chi connectivity index (χ0) is 21.1. The summed E-state index contributed by atoms with van der Waals surface area (Å²) in [6.45, 7) is 2.73. The molecule has 0 fully saturated rings. The number of allylic oxidation sites excluding steroid dienone is 1. The molecule has 0 amide bonds. The first kappa shape index (κ1) is 19.4. The van der Waals surface area contributed by atoms with Gasteiger partial charge in [-0.3, -0.25) is 5.10 Å². The van der Waals surface area contributed by atoms with Crippen molar-refractivity contribution in [3.8, 4) is 34.7 Å². The van der Waals surface area contributed by atoms with Gasteiger partial charge < -0.3 is 19.9 Å². The Morgan fingerprint density at radius 3 is 2.47 bits per heavy atom. The Kier molecular flexibility index (Phi) is 5.31. The van der Waals surface area contributed by atoms with E-state index in [1.807, 2.05) is 48.5 Å². The molecule has 7 nitrogen and oxygen atoms in total. The molecule has 0 bridgehead atoms. The van der Waals surface area contributed by atoms with Crippen molar-refractivity contribution in [1.29, 1.82) is 5.26 Å². The molecular formula is C23H22N4O3. The van der Waals surface area contributed by atoms with Crippen LogP contribution in [0.4, 0.5) is 0 Å². The van der Waals surface area contributed by atoms with Gasteiger partial charge in [0.25, 0.3) is 0 Å². The van der Waals surface area contributed by atoms with Gasteiger partial charge in [-0.05, 0) is 48.4 Å². The van der Waals surface area contributed by atoms with E-state index in [0.717, 1.165) is 40.3 Å². The van der Waals surface area contributed by atoms with Crippen molar-refractivity contribution in [1.82, 2.24) is 10.2 Å². The molecule has 0 saturated heterocycles. The Labute approximate surface area is 174 Å². The molecule has 7 heteroatoms. The van der Waals surface area contributed by atoms with Crippen LogP contribution in [0.25, 0.3) is 11.3 Å². The van der Waals surface area contributed by atoms with Crippen LogP contribution in [0.15, 0.2) is 60.0 Å². The standard InChI is InChI=1S/C23H22N4O3/c1-3-12-29-17-10-6-15(7-11-17)21-20-19(14-4-8-16(28-2)9-5-14)18(13-24)22(25)30-23(20)27-26-21/h4-11,19H,3,12,25H2,1-2H3,(H,26,27)/t19-/m0/s1. The number of H-pyrrole nitrogens is 1. The predicted octanol–water partition coefficient (Wildman–Crippen LogP) is 4.09. The largest absolute Gasteiger partial charge is 0.497 e. The highest BCUT2D eigenvalue weighted by atomic mass is 16.5. The van der Waals surface area contributed by atoms with Crippen LogP contribution in [0.2, 0.25) is 0 Å². The molecule has 1 aliphatic heterocycles. The van der Waals surface area contributed by atoms with E-state index in [4.69, 9.17) is 19.9 Å². The minimum atomic E-state index is -0.408. The molecule has 152 valence electrons. The van der Waals surface area contributed by atoms with Gasteiger partial charge in [-0.1, -0.05) is 19.1 Å². The van der Waals surface area contributed by atoms with Crippen LogP contribution >= 0.6 is 0 Å². The topological polar surface area (TPSA) is 106 Å². The number of nitrogens with one attached hydrogen (secondary N) is 1. The number of nitriles is 1. The number of aromatic nitrogens is 2. The number of hydrogen-bond donors (Lipinski definition) is 2. The van der Waals surface area contributed by atoms with Crippen LogP contribution < -0.4 is 19.9 Å². The van der Waals surface area contributed by atoms with E-state index >= 15 is 0 Å². The number of methoxy groups -OCH3 is 1. The molecule has 0 saturated carbocycles. The summed E-state index contributed by atoms with van der Waals surface area (Å²) in [6.07, 6.45) is 0.946. The van der Waals surface area contributed by atoms with Gasteiger partial charge in [0, 0.05) is 5.56 Å². The van der Waals surface area contributed by atoms with Crippen molar-refractivity contribution in [2.45, 2.75) is 19.3 Å². The lowest BCUT2D eigenvalue weighted by Gasteiger charge is -2.24. The Morgan fingerprint density at radius 1 is 1.13 bits per heavy atom. The Morgan fingerprint density at radius 2 is 1.83 bits per heavy atom. The second kappa shape index (κ2) is 8.21. The van der Waals surface area contributed by atoms with Gasteiger partial charge in [0.15, 0.2) is 0 Å². The zero-order valence-electron chi connectivity index (χ0n) is 16.8. The maximum Gasteiger partial charge on any atom is 0.244 e. The van der Waals surface area contributed by atoms with E-state index in [9.17, 15) is 5.26 Å². The number of benzene rings is 2. The van der Waals surface area contributed by atoms with Crippen molar-refractivity contribution in [3.05, 3.63) is 71.1 Å². The van der Waals surface area contributed by atoms with Crippen molar-refractivity contribution in [2.24, 2.45) is 5.73 Å². The van der Waals surface area contributed by atoms with E-state index in [1.165, 1.54) is 0 Å². The Hall–Kier alpha value is -3.92. The van der Waals surface area contributed by atoms with Crippen molar-refractivity contribution in [3.63, 3.8) is 0 Å². The van der Waals surface area contributed by atoms with Crippen molar-refractivity contribution >= 4 is 0 Å². The average Bonchev–Trinajstić information content (AvgIpc) is 3.20. The van der Waals surface area contributed by atoms with Gasteiger partial charge in [0.05, 0.1) is 30.9 Å². The number of ether oxygens (including phenoxy) is 3. The fourth-order valence-corrected chi connectivity index (χ4v) is 3.53. The number of aromatic amines is 1. The zero-order valence-corrected chi connectivity index (χ0v) is 16.8. The predicted molar refractivity (Wildman–Crippen MR) is 112 cm³/mol. The quantitative estimate of drug-likeness (QED) is 0.643. The fourth-order valence-electron chi connectivity index (χ4n) is 3.53. The summed E-state index contributed by atoms with van der Waals surface area (Å²) in [5, 5.41) is 17.2. The highest BCUT2D eigenvalue weighted by Gasteiger charge is 2.35. The van der Waals surface area contributed by atoms with Gasteiger partial charge >= 0.3 is 0 Å². The molecule has 2 aromatic carbocycles. The summed E-state index contributed by atoms with van der Waals surface area (Å²) < 4.78 is 16.6. The molecule has 3 N–H and O–H groups in total. The SMILES string of the molecule is CCCOc1ccc(-c2[nH]nc3c2[C@@H](c2ccc(OC)cc2)C(C#N)=C(N)O3)cc1. The van der Waals surface area contributed by atoms with Gasteiger partial charge in [-0.2, -0.15) is 5.26 Å². The monoisotopic (exact) mass is 402 g/mol. The molecule has 1 aromatic heterocycles. The molecule has 0 unspecified atom stereocenters. The number of nitrogens with zero attached hydrogens (tertiary/aromatic N) is 2. The summed E-state index contributed by atoms with van der Waals surface area (Å²) in [6, 6.07) is 17.5. The molecule has 2 heterocycles. The number of hydrogen-bond acceptors (Lipinski definition) is 6. The van der Waals surface area contributed by atoms with Crippen LogP contribution in [-0.4, -0.2) is 23.9 Å². The van der Waals surface area contributed by atoms with E-state index in [0.29, 0.717) is 18.1 Å². The summed E-state index contributed by atoms with van der Waals surface area (Å²) in [5.74, 6) is 1.56. The van der Waals surface area contributed by atoms with Crippen LogP contribution in [-0.2, 0) is 0 Å². The summed E-state index contributed by atoms with van der Waals surface area (Å²) in [5.41, 5.74) is 9.73. The first-order chi connectivity index (χ1) is 14.7. The number of fused-ring (bicyclic) bond motifs is 1. The minimum absolute atomic E-state index is 0.0622. The molecular weight excluding hydrogens is 380 g/mol. The molecule has 0 radical (unpaired) electrons. The van der Waals surface area contributed by atoms with Gasteiger partial charge in [-0.15, -0.1) is 5.10 Å². The van der Waals surface area contributed by atoms with Crippen molar-refractivity contribution < 1.29 is 14.2 Å². The van der Waals surface area contributed by atoms with E-state index in [2.05, 4.69) is 23.2 Å². The van der Waals surface area contributed by atoms with Gasteiger partial charge in [-0.25, -0.2) is 0 Å². The first-order valence-electron chi connectivity index (χ1n) is 9.69. The highest BCUT2D eigenvalue weighted by Crippen LogP contribution is 2.45. The number of nitrogens with two attached hydrogens (primary N) is 1. The van der Waals surface area contributed by atoms with Crippen LogP contribution in [0.3, 0.4) is 0 Å². The molecule has 1 aliphatic rings. The van der Waals surface area contributed by atoms with Gasteiger partial charge in [0.1, 0.15) is 23.1 Å². The smallest absolute Gasteiger partial charge is 0.244 e. The van der Waals surface area contributed by atoms with Crippen LogP contribution in [0.5, 0.6) is 17.4 Å². The maximum atomic E-state index is 9.80. The third-order valence-electron chi connectivity index (χ3n) is 5.00. The van der Waals surface area contributed by atoms with E-state index in [1.54, 1.807) is 7.11 Å². The van der Waals surface area contributed by atoms with E-state index in [-0.39, 0.29) is 5.88 Å². The highest BCUT2D eigenvalue weighted by molar-refractivity contribution is 5.71. The second-order valence-corrected chi connectivity index (χ2v) is 6.89. The summed E-state index contributed by atoms with van der Waals surface area (Å²) in [4.78, 5) is 0. The average molecular weight is 402 g/mol. The lowest BCUT2D eigenvalue weighted by molar-refractivity contribution is 0.317.